The number of nitrogens with zero attached hydrogens (tertiary/aromatic N) is 2. The Morgan fingerprint density at radius 1 is 0.404 bits per heavy atom. The predicted molar refractivity (Wildman–Crippen MR) is 202 cm³/mol. The lowest BCUT2D eigenvalue weighted by molar-refractivity contribution is 1.15. The van der Waals surface area contributed by atoms with Crippen LogP contribution in [0.2, 0.25) is 0 Å². The number of hydrogen-bond acceptors (Lipinski definition) is 3. The average Bonchev–Trinajstić information content (AvgIpc) is 3.15. The third kappa shape index (κ3) is 3.96. The molecule has 0 spiro atoms. The Hall–Kier alpha value is -5.38. The fraction of sp³-hybridized carbons (Fsp3) is 0. The number of para-hydroxylation sites is 4. The Labute approximate surface area is 280 Å². The number of fused-ring (bicyclic) bond motifs is 7. The standard InChI is InChI=1S/C42H28B2N2S/c1-4-16-29(17-5-1)43-32-22-10-11-23-33(32)44-34-24-12-13-25-36(34)46(31-20-8-3-9-21-31)41-40(44)35(43)28-38-42(41)47-39-27-15-14-26-37(39)45(38)30-18-6-2-7-19-30/h1-28H. The van der Waals surface area contributed by atoms with Gasteiger partial charge in [-0.05, 0) is 59.5 Å². The number of hydrogen-bond donors (Lipinski definition) is 0. The highest BCUT2D eigenvalue weighted by Crippen LogP contribution is 2.55. The second-order valence-electron chi connectivity index (χ2n) is 12.5. The summed E-state index contributed by atoms with van der Waals surface area (Å²) >= 11 is 1.91. The lowest BCUT2D eigenvalue weighted by Gasteiger charge is -2.45. The van der Waals surface area contributed by atoms with Gasteiger partial charge in [-0.15, -0.1) is 0 Å². The first-order valence-corrected chi connectivity index (χ1v) is 17.1. The van der Waals surface area contributed by atoms with E-state index in [0.717, 1.165) is 0 Å². The molecular formula is C42H28B2N2S. The normalized spacial score (nSPS) is 13.7. The molecular weight excluding hydrogens is 586 g/mol. The van der Waals surface area contributed by atoms with Gasteiger partial charge in [-0.2, -0.15) is 0 Å². The van der Waals surface area contributed by atoms with Crippen LogP contribution in [0.5, 0.6) is 0 Å². The van der Waals surface area contributed by atoms with Crippen molar-refractivity contribution in [2.45, 2.75) is 9.79 Å². The SMILES string of the molecule is c1ccc(B2c3ccccc3B3c4ccccc4N(c4ccccc4)c4c5c(cc2c43)N(c2ccccc2)c2ccccc2S5)cc1. The molecule has 0 bridgehead atoms. The summed E-state index contributed by atoms with van der Waals surface area (Å²) in [6, 6.07) is 62.5. The van der Waals surface area contributed by atoms with Crippen molar-refractivity contribution in [2.75, 3.05) is 9.80 Å². The van der Waals surface area contributed by atoms with E-state index in [1.54, 1.807) is 0 Å². The topological polar surface area (TPSA) is 6.48 Å². The van der Waals surface area contributed by atoms with Crippen LogP contribution < -0.4 is 42.6 Å². The smallest absolute Gasteiger partial charge is 0.245 e. The summed E-state index contributed by atoms with van der Waals surface area (Å²) in [5.74, 6) is 0. The van der Waals surface area contributed by atoms with E-state index in [2.05, 4.69) is 180 Å². The third-order valence-electron chi connectivity index (χ3n) is 9.96. The van der Waals surface area contributed by atoms with Gasteiger partial charge in [-0.25, -0.2) is 0 Å². The molecule has 0 aromatic heterocycles. The quantitative estimate of drug-likeness (QED) is 0.204. The summed E-state index contributed by atoms with van der Waals surface area (Å²) in [7, 11) is 0. The maximum Gasteiger partial charge on any atom is 0.245 e. The molecule has 47 heavy (non-hydrogen) atoms. The van der Waals surface area contributed by atoms with Crippen molar-refractivity contribution >= 4 is 92.1 Å². The van der Waals surface area contributed by atoms with E-state index < -0.39 is 0 Å². The molecule has 0 aliphatic carbocycles. The maximum atomic E-state index is 2.55. The van der Waals surface area contributed by atoms with E-state index in [4.69, 9.17) is 0 Å². The highest BCUT2D eigenvalue weighted by molar-refractivity contribution is 8.00. The molecule has 5 heteroatoms. The molecule has 0 saturated heterocycles. The van der Waals surface area contributed by atoms with Gasteiger partial charge in [0.2, 0.25) is 13.4 Å². The molecule has 0 fully saturated rings. The van der Waals surface area contributed by atoms with Gasteiger partial charge in [0.1, 0.15) is 0 Å². The summed E-state index contributed by atoms with van der Waals surface area (Å²) in [5.41, 5.74) is 15.6. The fourth-order valence-electron chi connectivity index (χ4n) is 8.11. The van der Waals surface area contributed by atoms with Gasteiger partial charge in [-0.3, -0.25) is 0 Å². The van der Waals surface area contributed by atoms with Crippen LogP contribution in [-0.4, -0.2) is 13.4 Å². The zero-order valence-electron chi connectivity index (χ0n) is 25.6. The van der Waals surface area contributed by atoms with Gasteiger partial charge in [0.25, 0.3) is 0 Å². The first-order valence-electron chi connectivity index (χ1n) is 16.3. The van der Waals surface area contributed by atoms with E-state index in [-0.39, 0.29) is 13.4 Å². The fourth-order valence-corrected chi connectivity index (χ4v) is 9.30. The summed E-state index contributed by atoms with van der Waals surface area (Å²) < 4.78 is 0. The van der Waals surface area contributed by atoms with Crippen molar-refractivity contribution in [3.05, 3.63) is 170 Å². The second-order valence-corrected chi connectivity index (χ2v) is 13.5. The molecule has 10 rings (SSSR count). The van der Waals surface area contributed by atoms with Crippen molar-refractivity contribution in [3.8, 4) is 0 Å². The number of benzene rings is 7. The first kappa shape index (κ1) is 26.8. The van der Waals surface area contributed by atoms with Crippen LogP contribution in [0.25, 0.3) is 0 Å². The Bertz CT molecular complexity index is 2300. The Morgan fingerprint density at radius 3 is 1.64 bits per heavy atom. The van der Waals surface area contributed by atoms with Crippen LogP contribution in [-0.2, 0) is 0 Å². The van der Waals surface area contributed by atoms with Gasteiger partial charge in [-0.1, -0.05) is 155 Å². The Balaban J connectivity index is 1.38. The first-order chi connectivity index (χ1) is 23.4. The van der Waals surface area contributed by atoms with Crippen LogP contribution >= 0.6 is 11.8 Å². The lowest BCUT2D eigenvalue weighted by Crippen LogP contribution is -2.76. The lowest BCUT2D eigenvalue weighted by atomic mass is 9.20. The van der Waals surface area contributed by atoms with E-state index in [0.29, 0.717) is 0 Å². The van der Waals surface area contributed by atoms with E-state index >= 15 is 0 Å². The zero-order valence-corrected chi connectivity index (χ0v) is 26.4. The molecule has 3 heterocycles. The average molecular weight is 614 g/mol. The van der Waals surface area contributed by atoms with Crippen LogP contribution in [0.4, 0.5) is 34.1 Å². The molecule has 7 aromatic carbocycles. The molecule has 0 N–H and O–H groups in total. The van der Waals surface area contributed by atoms with Crippen LogP contribution in [0.15, 0.2) is 180 Å². The predicted octanol–water partition coefficient (Wildman–Crippen LogP) is 6.75. The summed E-state index contributed by atoms with van der Waals surface area (Å²) in [4.78, 5) is 7.59. The zero-order chi connectivity index (χ0) is 30.9. The minimum absolute atomic E-state index is 0.102. The van der Waals surface area contributed by atoms with E-state index in [1.807, 2.05) is 11.8 Å². The van der Waals surface area contributed by atoms with Gasteiger partial charge in [0, 0.05) is 22.0 Å². The summed E-state index contributed by atoms with van der Waals surface area (Å²) in [6.07, 6.45) is 0. The van der Waals surface area contributed by atoms with Gasteiger partial charge >= 0.3 is 0 Å². The van der Waals surface area contributed by atoms with Crippen LogP contribution in [0.3, 0.4) is 0 Å². The molecule has 0 amide bonds. The highest BCUT2D eigenvalue weighted by Gasteiger charge is 2.47. The van der Waals surface area contributed by atoms with Crippen molar-refractivity contribution in [2.24, 2.45) is 0 Å². The van der Waals surface area contributed by atoms with E-state index in [1.165, 1.54) is 76.7 Å². The Kier molecular flexibility index (Phi) is 6.03. The maximum absolute atomic E-state index is 2.55. The van der Waals surface area contributed by atoms with Gasteiger partial charge in [0.05, 0.1) is 22.0 Å². The minimum Gasteiger partial charge on any atom is -0.310 e. The minimum atomic E-state index is 0.102. The molecule has 0 saturated carbocycles. The molecule has 0 unspecified atom stereocenters. The molecule has 7 aromatic rings. The molecule has 0 atom stereocenters. The van der Waals surface area contributed by atoms with Gasteiger partial charge < -0.3 is 9.80 Å². The van der Waals surface area contributed by atoms with Crippen LogP contribution in [0.1, 0.15) is 0 Å². The van der Waals surface area contributed by atoms with Crippen molar-refractivity contribution in [1.82, 2.24) is 0 Å². The molecule has 0 radical (unpaired) electrons. The molecule has 218 valence electrons. The highest BCUT2D eigenvalue weighted by atomic mass is 32.2. The summed E-state index contributed by atoms with van der Waals surface area (Å²) in [6.45, 7) is 0.228. The van der Waals surface area contributed by atoms with E-state index in [9.17, 15) is 0 Å². The molecule has 2 nitrogen and oxygen atoms in total. The largest absolute Gasteiger partial charge is 0.310 e. The van der Waals surface area contributed by atoms with Crippen molar-refractivity contribution < 1.29 is 0 Å². The Morgan fingerprint density at radius 2 is 0.936 bits per heavy atom. The molecule has 3 aliphatic heterocycles. The second kappa shape index (κ2) is 10.6. The van der Waals surface area contributed by atoms with Crippen molar-refractivity contribution in [3.63, 3.8) is 0 Å². The summed E-state index contributed by atoms with van der Waals surface area (Å²) in [5, 5.41) is 0. The van der Waals surface area contributed by atoms with Crippen molar-refractivity contribution in [1.29, 1.82) is 0 Å². The number of anilines is 6. The van der Waals surface area contributed by atoms with Gasteiger partial charge in [0.15, 0.2) is 0 Å². The number of rotatable bonds is 3. The monoisotopic (exact) mass is 614 g/mol. The molecule has 3 aliphatic rings. The third-order valence-corrected chi connectivity index (χ3v) is 11.1. The van der Waals surface area contributed by atoms with Crippen LogP contribution in [0, 0.1) is 0 Å².